The van der Waals surface area contributed by atoms with E-state index in [-0.39, 0.29) is 0 Å². The molecular weight excluding hydrogens is 182 g/mol. The van der Waals surface area contributed by atoms with Gasteiger partial charge >= 0.3 is 0 Å². The van der Waals surface area contributed by atoms with Crippen molar-refractivity contribution in [2.45, 2.75) is 33.1 Å². The summed E-state index contributed by atoms with van der Waals surface area (Å²) in [5.41, 5.74) is 5.05. The van der Waals surface area contributed by atoms with Gasteiger partial charge in [0.05, 0.1) is 5.69 Å². The number of aryl methyl sites for hydroxylation is 1. The lowest BCUT2D eigenvalue weighted by atomic mass is 10.0. The van der Waals surface area contributed by atoms with E-state index in [9.17, 15) is 0 Å². The Morgan fingerprint density at radius 2 is 2.07 bits per heavy atom. The molecule has 0 aromatic carbocycles. The number of aromatic nitrogens is 1. The molecule has 0 spiro atoms. The van der Waals surface area contributed by atoms with Gasteiger partial charge in [-0.2, -0.15) is 0 Å². The summed E-state index contributed by atoms with van der Waals surface area (Å²) in [5.74, 6) is 0. The van der Waals surface area contributed by atoms with Gasteiger partial charge in [-0.1, -0.05) is 32.1 Å². The highest BCUT2D eigenvalue weighted by molar-refractivity contribution is 5.74. The number of hydrogen-bond donors (Lipinski definition) is 0. The van der Waals surface area contributed by atoms with Crippen molar-refractivity contribution in [2.75, 3.05) is 0 Å². The van der Waals surface area contributed by atoms with E-state index in [0.29, 0.717) is 0 Å². The highest BCUT2D eigenvalue weighted by Crippen LogP contribution is 2.25. The maximum Gasteiger partial charge on any atom is 0.0704 e. The first-order chi connectivity index (χ1) is 7.35. The normalized spacial score (nSPS) is 14.4. The number of rotatable bonds is 2. The monoisotopic (exact) mass is 199 g/mol. The predicted octanol–water partition coefficient (Wildman–Crippen LogP) is 3.85. The van der Waals surface area contributed by atoms with E-state index < -0.39 is 0 Å². The van der Waals surface area contributed by atoms with Crippen molar-refractivity contribution in [3.63, 3.8) is 0 Å². The molecule has 1 nitrogen and oxygen atoms in total. The Morgan fingerprint density at radius 1 is 1.20 bits per heavy atom. The van der Waals surface area contributed by atoms with Crippen molar-refractivity contribution in [1.82, 2.24) is 4.98 Å². The molecular formula is C14H17N. The first-order valence-electron chi connectivity index (χ1n) is 5.71. The number of pyridine rings is 1. The Hall–Kier alpha value is -1.37. The van der Waals surface area contributed by atoms with Crippen molar-refractivity contribution in [3.8, 4) is 0 Å². The highest BCUT2D eigenvalue weighted by Gasteiger charge is 2.08. The summed E-state index contributed by atoms with van der Waals surface area (Å²) in [4.78, 5) is 4.66. The maximum atomic E-state index is 4.66. The fourth-order valence-electron chi connectivity index (χ4n) is 1.95. The van der Waals surface area contributed by atoms with Gasteiger partial charge in [0, 0.05) is 11.3 Å². The number of allylic oxidation sites excluding steroid dienone is 3. The van der Waals surface area contributed by atoms with Gasteiger partial charge in [0.15, 0.2) is 0 Å². The molecule has 0 fully saturated rings. The standard InChI is InChI=1S/C14H17N/c1-3-11-7-5-6-8-14-13(11)10-9-12(4-2)15-14/h6-10H,3-5H2,1-2H3. The molecule has 1 aromatic rings. The van der Waals surface area contributed by atoms with Crippen LogP contribution in [-0.2, 0) is 6.42 Å². The van der Waals surface area contributed by atoms with Crippen molar-refractivity contribution in [2.24, 2.45) is 0 Å². The Kier molecular flexibility index (Phi) is 3.00. The first kappa shape index (κ1) is 10.2. The van der Waals surface area contributed by atoms with Gasteiger partial charge < -0.3 is 0 Å². The van der Waals surface area contributed by atoms with E-state index in [4.69, 9.17) is 0 Å². The van der Waals surface area contributed by atoms with E-state index in [1.54, 1.807) is 0 Å². The van der Waals surface area contributed by atoms with Crippen LogP contribution in [0, 0.1) is 0 Å². The molecule has 15 heavy (non-hydrogen) atoms. The highest BCUT2D eigenvalue weighted by atomic mass is 14.7. The molecule has 0 atom stereocenters. The van der Waals surface area contributed by atoms with E-state index >= 15 is 0 Å². The average Bonchev–Trinajstić information content (AvgIpc) is 2.49. The van der Waals surface area contributed by atoms with Gasteiger partial charge in [-0.15, -0.1) is 0 Å². The van der Waals surface area contributed by atoms with Crippen molar-refractivity contribution < 1.29 is 0 Å². The molecule has 1 heterocycles. The summed E-state index contributed by atoms with van der Waals surface area (Å²) in [6, 6.07) is 4.35. The average molecular weight is 199 g/mol. The van der Waals surface area contributed by atoms with Gasteiger partial charge in [0.1, 0.15) is 0 Å². The zero-order chi connectivity index (χ0) is 10.7. The van der Waals surface area contributed by atoms with Crippen LogP contribution in [0.5, 0.6) is 0 Å². The van der Waals surface area contributed by atoms with E-state index in [1.165, 1.54) is 16.8 Å². The van der Waals surface area contributed by atoms with Gasteiger partial charge in [-0.05, 0) is 37.0 Å². The second-order valence-corrected chi connectivity index (χ2v) is 3.81. The zero-order valence-electron chi connectivity index (χ0n) is 9.46. The topological polar surface area (TPSA) is 12.9 Å². The molecule has 1 aliphatic rings. The van der Waals surface area contributed by atoms with E-state index in [0.717, 1.165) is 25.0 Å². The minimum atomic E-state index is 1.01. The van der Waals surface area contributed by atoms with Gasteiger partial charge in [-0.25, -0.2) is 0 Å². The van der Waals surface area contributed by atoms with Crippen molar-refractivity contribution >= 4 is 11.6 Å². The number of hydrogen-bond acceptors (Lipinski definition) is 1. The number of fused-ring (bicyclic) bond motifs is 1. The third kappa shape index (κ3) is 2.01. The van der Waals surface area contributed by atoms with Crippen LogP contribution in [0.1, 0.15) is 43.6 Å². The SMILES string of the molecule is CCC1=CCC=Cc2nc(CC)ccc21. The smallest absolute Gasteiger partial charge is 0.0704 e. The van der Waals surface area contributed by atoms with Crippen molar-refractivity contribution in [1.29, 1.82) is 0 Å². The molecule has 0 N–H and O–H groups in total. The second kappa shape index (κ2) is 4.43. The van der Waals surface area contributed by atoms with E-state index in [1.807, 2.05) is 0 Å². The van der Waals surface area contributed by atoms with Crippen LogP contribution in [0.2, 0.25) is 0 Å². The molecule has 1 aliphatic carbocycles. The minimum Gasteiger partial charge on any atom is -0.253 e. The lowest BCUT2D eigenvalue weighted by Crippen LogP contribution is -1.95. The van der Waals surface area contributed by atoms with Gasteiger partial charge in [0.2, 0.25) is 0 Å². The summed E-state index contributed by atoms with van der Waals surface area (Å²) in [6.07, 6.45) is 9.76. The summed E-state index contributed by atoms with van der Waals surface area (Å²) >= 11 is 0. The fourth-order valence-corrected chi connectivity index (χ4v) is 1.95. The van der Waals surface area contributed by atoms with Crippen LogP contribution in [0.15, 0.2) is 24.3 Å². The Labute approximate surface area is 91.6 Å². The number of nitrogens with zero attached hydrogens (tertiary/aromatic N) is 1. The fraction of sp³-hybridized carbons (Fsp3) is 0.357. The summed E-state index contributed by atoms with van der Waals surface area (Å²) in [7, 11) is 0. The molecule has 0 unspecified atom stereocenters. The van der Waals surface area contributed by atoms with Crippen LogP contribution in [-0.4, -0.2) is 4.98 Å². The third-order valence-electron chi connectivity index (χ3n) is 2.85. The summed E-state index contributed by atoms with van der Waals surface area (Å²) in [6.45, 7) is 4.35. The van der Waals surface area contributed by atoms with Crippen LogP contribution in [0.4, 0.5) is 0 Å². The minimum absolute atomic E-state index is 1.01. The zero-order valence-corrected chi connectivity index (χ0v) is 9.46. The first-order valence-corrected chi connectivity index (χ1v) is 5.71. The lowest BCUT2D eigenvalue weighted by Gasteiger charge is -2.08. The molecule has 0 amide bonds. The Balaban J connectivity index is 2.51. The molecule has 0 radical (unpaired) electrons. The Bertz CT molecular complexity index is 413. The third-order valence-corrected chi connectivity index (χ3v) is 2.85. The maximum absolute atomic E-state index is 4.66. The molecule has 0 aliphatic heterocycles. The molecule has 1 aromatic heterocycles. The van der Waals surface area contributed by atoms with E-state index in [2.05, 4.69) is 49.2 Å². The quantitative estimate of drug-likeness (QED) is 0.705. The van der Waals surface area contributed by atoms with Crippen LogP contribution in [0.3, 0.4) is 0 Å². The molecule has 78 valence electrons. The molecule has 1 heteroatoms. The van der Waals surface area contributed by atoms with Gasteiger partial charge in [-0.3, -0.25) is 4.98 Å². The molecule has 2 rings (SSSR count). The van der Waals surface area contributed by atoms with Crippen LogP contribution >= 0.6 is 0 Å². The molecule has 0 saturated heterocycles. The summed E-state index contributed by atoms with van der Waals surface area (Å²) < 4.78 is 0. The van der Waals surface area contributed by atoms with Gasteiger partial charge in [0.25, 0.3) is 0 Å². The predicted molar refractivity (Wildman–Crippen MR) is 65.5 cm³/mol. The van der Waals surface area contributed by atoms with Crippen LogP contribution in [0.25, 0.3) is 11.6 Å². The van der Waals surface area contributed by atoms with Crippen LogP contribution < -0.4 is 0 Å². The lowest BCUT2D eigenvalue weighted by molar-refractivity contribution is 1.02. The largest absolute Gasteiger partial charge is 0.253 e. The second-order valence-electron chi connectivity index (χ2n) is 3.81. The molecule has 0 saturated carbocycles. The molecule has 0 bridgehead atoms. The Morgan fingerprint density at radius 3 is 2.80 bits per heavy atom. The summed E-state index contributed by atoms with van der Waals surface area (Å²) in [5, 5.41) is 0. The van der Waals surface area contributed by atoms with Crippen molar-refractivity contribution in [3.05, 3.63) is 41.2 Å².